The maximum atomic E-state index is 10.6. The number of aromatic nitrogens is 1. The van der Waals surface area contributed by atoms with Gasteiger partial charge in [-0.3, -0.25) is 10.1 Å². The Morgan fingerprint density at radius 3 is 3.12 bits per heavy atom. The van der Waals surface area contributed by atoms with Gasteiger partial charge in [0, 0.05) is 17.9 Å². The van der Waals surface area contributed by atoms with Gasteiger partial charge in [0.2, 0.25) is 0 Å². The SMILES string of the molecule is O=[N+]([O-])c1cnc(NCC2CCCS2)c(Br)c1. The van der Waals surface area contributed by atoms with Crippen LogP contribution < -0.4 is 5.32 Å². The topological polar surface area (TPSA) is 68.1 Å². The second-order valence-electron chi connectivity index (χ2n) is 3.80. The molecule has 0 radical (unpaired) electrons. The molecule has 1 N–H and O–H groups in total. The van der Waals surface area contributed by atoms with Crippen molar-refractivity contribution in [2.75, 3.05) is 17.6 Å². The van der Waals surface area contributed by atoms with Crippen LogP contribution in [-0.2, 0) is 0 Å². The number of nitro groups is 1. The van der Waals surface area contributed by atoms with E-state index in [0.29, 0.717) is 15.5 Å². The van der Waals surface area contributed by atoms with Crippen molar-refractivity contribution in [2.24, 2.45) is 0 Å². The van der Waals surface area contributed by atoms with Crippen LogP contribution in [0.5, 0.6) is 0 Å². The number of thioether (sulfide) groups is 1. The zero-order chi connectivity index (χ0) is 12.3. The van der Waals surface area contributed by atoms with Crippen LogP contribution in [0, 0.1) is 10.1 Å². The van der Waals surface area contributed by atoms with E-state index in [-0.39, 0.29) is 5.69 Å². The molecule has 2 heterocycles. The number of nitrogens with one attached hydrogen (secondary N) is 1. The highest BCUT2D eigenvalue weighted by atomic mass is 79.9. The van der Waals surface area contributed by atoms with E-state index in [1.165, 1.54) is 30.9 Å². The lowest BCUT2D eigenvalue weighted by Gasteiger charge is -2.11. The molecule has 1 aromatic heterocycles. The minimum absolute atomic E-state index is 0.00216. The molecule has 5 nitrogen and oxygen atoms in total. The van der Waals surface area contributed by atoms with Crippen molar-refractivity contribution in [1.82, 2.24) is 4.98 Å². The summed E-state index contributed by atoms with van der Waals surface area (Å²) in [4.78, 5) is 14.2. The van der Waals surface area contributed by atoms with Gasteiger partial charge >= 0.3 is 0 Å². The van der Waals surface area contributed by atoms with Crippen LogP contribution in [0.15, 0.2) is 16.7 Å². The Bertz CT molecular complexity index is 424. The van der Waals surface area contributed by atoms with Crippen molar-refractivity contribution >= 4 is 39.2 Å². The van der Waals surface area contributed by atoms with Gasteiger partial charge in [0.25, 0.3) is 5.69 Å². The minimum Gasteiger partial charge on any atom is -0.368 e. The summed E-state index contributed by atoms with van der Waals surface area (Å²) >= 11 is 5.25. The molecule has 92 valence electrons. The third kappa shape index (κ3) is 3.32. The van der Waals surface area contributed by atoms with Gasteiger partial charge in [0.1, 0.15) is 12.0 Å². The second-order valence-corrected chi connectivity index (χ2v) is 6.06. The molecule has 0 spiro atoms. The molecule has 0 saturated carbocycles. The Morgan fingerprint density at radius 2 is 2.53 bits per heavy atom. The quantitative estimate of drug-likeness (QED) is 0.682. The van der Waals surface area contributed by atoms with Gasteiger partial charge in [-0.1, -0.05) is 0 Å². The first kappa shape index (κ1) is 12.6. The Morgan fingerprint density at radius 1 is 1.71 bits per heavy atom. The second kappa shape index (κ2) is 5.68. The maximum absolute atomic E-state index is 10.6. The van der Waals surface area contributed by atoms with Crippen molar-refractivity contribution in [3.05, 3.63) is 26.9 Å². The molecular weight excluding hydrogens is 306 g/mol. The van der Waals surface area contributed by atoms with Gasteiger partial charge in [-0.05, 0) is 34.5 Å². The Kier molecular flexibility index (Phi) is 4.22. The number of hydrogen-bond acceptors (Lipinski definition) is 5. The largest absolute Gasteiger partial charge is 0.368 e. The molecule has 0 bridgehead atoms. The first-order chi connectivity index (χ1) is 8.16. The minimum atomic E-state index is -0.450. The Balaban J connectivity index is 1.98. The van der Waals surface area contributed by atoms with Crippen LogP contribution in [0.3, 0.4) is 0 Å². The molecule has 1 unspecified atom stereocenters. The van der Waals surface area contributed by atoms with Crippen LogP contribution in [0.4, 0.5) is 11.5 Å². The van der Waals surface area contributed by atoms with Gasteiger partial charge in [-0.25, -0.2) is 4.98 Å². The number of hydrogen-bond donors (Lipinski definition) is 1. The average Bonchev–Trinajstić information content (AvgIpc) is 2.80. The predicted octanol–water partition coefficient (Wildman–Crippen LogP) is 3.06. The first-order valence-corrected chi connectivity index (χ1v) is 7.16. The third-order valence-electron chi connectivity index (χ3n) is 2.56. The maximum Gasteiger partial charge on any atom is 0.288 e. The highest BCUT2D eigenvalue weighted by molar-refractivity contribution is 9.10. The summed E-state index contributed by atoms with van der Waals surface area (Å²) in [7, 11) is 0. The van der Waals surface area contributed by atoms with Crippen molar-refractivity contribution in [1.29, 1.82) is 0 Å². The lowest BCUT2D eigenvalue weighted by molar-refractivity contribution is -0.385. The summed E-state index contributed by atoms with van der Waals surface area (Å²) in [5, 5.41) is 14.4. The molecule has 0 amide bonds. The highest BCUT2D eigenvalue weighted by Gasteiger charge is 2.16. The number of nitrogens with zero attached hydrogens (tertiary/aromatic N) is 2. The normalized spacial score (nSPS) is 19.2. The van der Waals surface area contributed by atoms with Gasteiger partial charge in [-0.15, -0.1) is 0 Å². The van der Waals surface area contributed by atoms with Crippen molar-refractivity contribution < 1.29 is 4.92 Å². The number of rotatable bonds is 4. The van der Waals surface area contributed by atoms with Crippen LogP contribution in [-0.4, -0.2) is 27.5 Å². The molecule has 7 heteroatoms. The van der Waals surface area contributed by atoms with E-state index in [2.05, 4.69) is 26.2 Å². The standard InChI is InChI=1S/C10H12BrN3O2S/c11-9-4-7(14(15)16)5-12-10(9)13-6-8-2-1-3-17-8/h4-5,8H,1-3,6H2,(H,12,13). The third-order valence-corrected chi connectivity index (χ3v) is 4.56. The van der Waals surface area contributed by atoms with E-state index < -0.39 is 4.92 Å². The molecule has 0 aromatic carbocycles. The molecule has 1 saturated heterocycles. The van der Waals surface area contributed by atoms with E-state index in [1.807, 2.05) is 11.8 Å². The van der Waals surface area contributed by atoms with Crippen LogP contribution >= 0.6 is 27.7 Å². The zero-order valence-corrected chi connectivity index (χ0v) is 11.5. The Hall–Kier alpha value is -0.820. The first-order valence-electron chi connectivity index (χ1n) is 5.32. The van der Waals surface area contributed by atoms with Crippen LogP contribution in [0.2, 0.25) is 0 Å². The fourth-order valence-electron chi connectivity index (χ4n) is 1.67. The van der Waals surface area contributed by atoms with E-state index >= 15 is 0 Å². The highest BCUT2D eigenvalue weighted by Crippen LogP contribution is 2.28. The van der Waals surface area contributed by atoms with Gasteiger partial charge in [0.15, 0.2) is 0 Å². The molecule has 0 aliphatic carbocycles. The molecular formula is C10H12BrN3O2S. The smallest absolute Gasteiger partial charge is 0.288 e. The van der Waals surface area contributed by atoms with Gasteiger partial charge in [-0.2, -0.15) is 11.8 Å². The van der Waals surface area contributed by atoms with Crippen LogP contribution in [0.1, 0.15) is 12.8 Å². The van der Waals surface area contributed by atoms with Crippen molar-refractivity contribution in [3.63, 3.8) is 0 Å². The lowest BCUT2D eigenvalue weighted by Crippen LogP contribution is -2.14. The molecule has 17 heavy (non-hydrogen) atoms. The summed E-state index contributed by atoms with van der Waals surface area (Å²) < 4.78 is 0.634. The van der Waals surface area contributed by atoms with E-state index in [4.69, 9.17) is 0 Å². The summed E-state index contributed by atoms with van der Waals surface area (Å²) in [6.07, 6.45) is 3.77. The lowest BCUT2D eigenvalue weighted by atomic mass is 10.2. The summed E-state index contributed by atoms with van der Waals surface area (Å²) in [6, 6.07) is 1.47. The molecule has 1 aliphatic rings. The fraction of sp³-hybridized carbons (Fsp3) is 0.500. The predicted molar refractivity (Wildman–Crippen MR) is 72.6 cm³/mol. The molecule has 1 fully saturated rings. The van der Waals surface area contributed by atoms with E-state index in [0.717, 1.165) is 6.54 Å². The summed E-state index contributed by atoms with van der Waals surface area (Å²) in [6.45, 7) is 0.855. The molecule has 1 aromatic rings. The number of anilines is 1. The van der Waals surface area contributed by atoms with Crippen molar-refractivity contribution in [3.8, 4) is 0 Å². The summed E-state index contributed by atoms with van der Waals surface area (Å²) in [5.74, 6) is 1.89. The summed E-state index contributed by atoms with van der Waals surface area (Å²) in [5.41, 5.74) is -0.00216. The van der Waals surface area contributed by atoms with E-state index in [1.54, 1.807) is 0 Å². The zero-order valence-electron chi connectivity index (χ0n) is 9.06. The monoisotopic (exact) mass is 317 g/mol. The van der Waals surface area contributed by atoms with Crippen LogP contribution in [0.25, 0.3) is 0 Å². The van der Waals surface area contributed by atoms with Gasteiger partial charge in [0.05, 0.1) is 9.40 Å². The van der Waals surface area contributed by atoms with Crippen molar-refractivity contribution in [2.45, 2.75) is 18.1 Å². The Labute approximate surface area is 112 Å². The molecule has 1 atom stereocenters. The number of halogens is 1. The van der Waals surface area contributed by atoms with Gasteiger partial charge < -0.3 is 5.32 Å². The molecule has 2 rings (SSSR count). The molecule has 1 aliphatic heterocycles. The van der Waals surface area contributed by atoms with E-state index in [9.17, 15) is 10.1 Å². The number of pyridine rings is 1. The fourth-order valence-corrected chi connectivity index (χ4v) is 3.35. The average molecular weight is 318 g/mol.